The molecular formula is C15H32N2O4. The number of nitrogens with one attached hydrogen (secondary N) is 1. The fraction of sp³-hybridized carbons (Fsp3) is 0.933. The molecule has 0 bridgehead atoms. The number of methoxy groups -OCH3 is 2. The second-order valence-electron chi connectivity index (χ2n) is 5.87. The van der Waals surface area contributed by atoms with Crippen LogP contribution in [0.1, 0.15) is 33.6 Å². The molecule has 2 N–H and O–H groups in total. The van der Waals surface area contributed by atoms with E-state index < -0.39 is 11.5 Å². The molecule has 0 aliphatic carbocycles. The van der Waals surface area contributed by atoms with Gasteiger partial charge in [0.15, 0.2) is 0 Å². The molecule has 0 aromatic heterocycles. The van der Waals surface area contributed by atoms with E-state index in [-0.39, 0.29) is 6.04 Å². The third kappa shape index (κ3) is 9.03. The molecule has 6 nitrogen and oxygen atoms in total. The van der Waals surface area contributed by atoms with Gasteiger partial charge in [-0.2, -0.15) is 0 Å². The van der Waals surface area contributed by atoms with E-state index in [0.717, 1.165) is 26.1 Å². The van der Waals surface area contributed by atoms with Crippen molar-refractivity contribution in [1.82, 2.24) is 10.2 Å². The van der Waals surface area contributed by atoms with Crippen molar-refractivity contribution in [3.05, 3.63) is 0 Å². The van der Waals surface area contributed by atoms with E-state index in [1.165, 1.54) is 0 Å². The number of nitrogens with zero attached hydrogens (tertiary/aromatic N) is 1. The van der Waals surface area contributed by atoms with E-state index in [1.54, 1.807) is 21.1 Å². The van der Waals surface area contributed by atoms with Crippen molar-refractivity contribution < 1.29 is 19.4 Å². The Morgan fingerprint density at radius 3 is 2.10 bits per heavy atom. The minimum Gasteiger partial charge on any atom is -0.480 e. The number of hydrogen-bond donors (Lipinski definition) is 2. The van der Waals surface area contributed by atoms with Gasteiger partial charge in [0.1, 0.15) is 5.54 Å². The Morgan fingerprint density at radius 1 is 1.19 bits per heavy atom. The molecule has 0 aliphatic rings. The summed E-state index contributed by atoms with van der Waals surface area (Å²) in [4.78, 5) is 13.7. The van der Waals surface area contributed by atoms with Gasteiger partial charge >= 0.3 is 5.97 Å². The smallest absolute Gasteiger partial charge is 0.323 e. The molecule has 0 saturated heterocycles. The first-order chi connectivity index (χ1) is 9.85. The maximum Gasteiger partial charge on any atom is 0.323 e. The molecule has 21 heavy (non-hydrogen) atoms. The number of carboxylic acid groups (broad SMARTS) is 1. The summed E-state index contributed by atoms with van der Waals surface area (Å²) in [6.07, 6.45) is 1.41. The van der Waals surface area contributed by atoms with Gasteiger partial charge in [-0.1, -0.05) is 0 Å². The highest BCUT2D eigenvalue weighted by molar-refractivity contribution is 5.78. The minimum absolute atomic E-state index is 0.143. The molecule has 0 heterocycles. The summed E-state index contributed by atoms with van der Waals surface area (Å²) in [5.41, 5.74) is -0.873. The Balaban J connectivity index is 4.32. The maximum atomic E-state index is 11.5. The monoisotopic (exact) mass is 304 g/mol. The fourth-order valence-corrected chi connectivity index (χ4v) is 2.31. The van der Waals surface area contributed by atoms with Gasteiger partial charge in [-0.3, -0.25) is 15.0 Å². The van der Waals surface area contributed by atoms with E-state index in [4.69, 9.17) is 9.47 Å². The number of ether oxygens (including phenoxy) is 2. The number of carbonyl (C=O) groups is 1. The van der Waals surface area contributed by atoms with Gasteiger partial charge < -0.3 is 14.6 Å². The lowest BCUT2D eigenvalue weighted by Crippen LogP contribution is -2.52. The third-order valence-corrected chi connectivity index (χ3v) is 3.45. The van der Waals surface area contributed by atoms with Gasteiger partial charge in [-0.15, -0.1) is 0 Å². The highest BCUT2D eigenvalue weighted by Gasteiger charge is 2.32. The van der Waals surface area contributed by atoms with Crippen LogP contribution in [0, 0.1) is 0 Å². The summed E-state index contributed by atoms with van der Waals surface area (Å²) in [6, 6.07) is 0.143. The van der Waals surface area contributed by atoms with Crippen molar-refractivity contribution in [2.24, 2.45) is 0 Å². The Labute approximate surface area is 128 Å². The Hall–Kier alpha value is -0.690. The average molecular weight is 304 g/mol. The zero-order valence-corrected chi connectivity index (χ0v) is 14.1. The van der Waals surface area contributed by atoms with Crippen LogP contribution in [0.2, 0.25) is 0 Å². The zero-order valence-electron chi connectivity index (χ0n) is 14.1. The summed E-state index contributed by atoms with van der Waals surface area (Å²) < 4.78 is 10.2. The molecule has 1 atom stereocenters. The van der Waals surface area contributed by atoms with Crippen molar-refractivity contribution in [1.29, 1.82) is 0 Å². The highest BCUT2D eigenvalue weighted by Crippen LogP contribution is 2.14. The molecule has 0 aromatic rings. The lowest BCUT2D eigenvalue weighted by Gasteiger charge is -2.30. The first kappa shape index (κ1) is 20.3. The first-order valence-electron chi connectivity index (χ1n) is 7.57. The summed E-state index contributed by atoms with van der Waals surface area (Å²) in [6.45, 7) is 9.53. The van der Waals surface area contributed by atoms with Crippen LogP contribution in [0.5, 0.6) is 0 Å². The summed E-state index contributed by atoms with van der Waals surface area (Å²) in [5, 5.41) is 12.6. The van der Waals surface area contributed by atoms with Crippen molar-refractivity contribution in [3.63, 3.8) is 0 Å². The van der Waals surface area contributed by atoms with Crippen LogP contribution in [0.15, 0.2) is 0 Å². The van der Waals surface area contributed by atoms with E-state index in [1.807, 2.05) is 13.8 Å². The molecule has 126 valence electrons. The number of aliphatic carboxylic acids is 1. The lowest BCUT2D eigenvalue weighted by molar-refractivity contribution is -0.144. The predicted molar refractivity (Wildman–Crippen MR) is 83.7 cm³/mol. The van der Waals surface area contributed by atoms with E-state index >= 15 is 0 Å². The standard InChI is InChI=1S/C15H32N2O4/c1-13(2)16-15(3,14(18)19)7-6-8-17(9-11-20-4)10-12-21-5/h13,16H,6-12H2,1-5H3,(H,18,19). The molecule has 0 radical (unpaired) electrons. The number of carboxylic acids is 1. The van der Waals surface area contributed by atoms with Gasteiger partial charge in [0, 0.05) is 33.4 Å². The van der Waals surface area contributed by atoms with Crippen LogP contribution in [-0.2, 0) is 14.3 Å². The highest BCUT2D eigenvalue weighted by atomic mass is 16.5. The molecule has 1 unspecified atom stereocenters. The van der Waals surface area contributed by atoms with Gasteiger partial charge in [-0.05, 0) is 40.2 Å². The van der Waals surface area contributed by atoms with Crippen molar-refractivity contribution in [3.8, 4) is 0 Å². The molecule has 0 aromatic carbocycles. The van der Waals surface area contributed by atoms with Crippen LogP contribution in [0.25, 0.3) is 0 Å². The Kier molecular flexibility index (Phi) is 10.6. The van der Waals surface area contributed by atoms with Crippen LogP contribution in [0.4, 0.5) is 0 Å². The lowest BCUT2D eigenvalue weighted by atomic mass is 9.94. The van der Waals surface area contributed by atoms with Crippen LogP contribution in [-0.4, -0.2) is 74.6 Å². The second-order valence-corrected chi connectivity index (χ2v) is 5.87. The molecule has 0 saturated carbocycles. The quantitative estimate of drug-likeness (QED) is 0.533. The van der Waals surface area contributed by atoms with Gasteiger partial charge in [0.2, 0.25) is 0 Å². The average Bonchev–Trinajstić information content (AvgIpc) is 2.40. The predicted octanol–water partition coefficient (Wildman–Crippen LogP) is 1.20. The molecule has 0 fully saturated rings. The van der Waals surface area contributed by atoms with Crippen LogP contribution < -0.4 is 5.32 Å². The minimum atomic E-state index is -0.873. The van der Waals surface area contributed by atoms with E-state index in [9.17, 15) is 9.90 Å². The first-order valence-corrected chi connectivity index (χ1v) is 7.57. The van der Waals surface area contributed by atoms with E-state index in [2.05, 4.69) is 10.2 Å². The van der Waals surface area contributed by atoms with Crippen LogP contribution >= 0.6 is 0 Å². The summed E-state index contributed by atoms with van der Waals surface area (Å²) >= 11 is 0. The van der Waals surface area contributed by atoms with Crippen molar-refractivity contribution in [2.45, 2.75) is 45.2 Å². The molecular weight excluding hydrogens is 272 g/mol. The molecule has 0 aliphatic heterocycles. The summed E-state index contributed by atoms with van der Waals surface area (Å²) in [7, 11) is 3.37. The molecule has 0 spiro atoms. The third-order valence-electron chi connectivity index (χ3n) is 3.45. The molecule has 0 rings (SSSR count). The van der Waals surface area contributed by atoms with Crippen molar-refractivity contribution in [2.75, 3.05) is 47.1 Å². The SMILES string of the molecule is COCCN(CCCC(C)(NC(C)C)C(=O)O)CCOC. The Bertz CT molecular complexity index is 279. The Morgan fingerprint density at radius 2 is 1.71 bits per heavy atom. The molecule has 0 amide bonds. The summed E-state index contributed by atoms with van der Waals surface area (Å²) in [5.74, 6) is -0.795. The normalized spacial score (nSPS) is 14.6. The topological polar surface area (TPSA) is 71.0 Å². The zero-order chi connectivity index (χ0) is 16.3. The molecule has 6 heteroatoms. The number of rotatable bonds is 13. The fourth-order valence-electron chi connectivity index (χ4n) is 2.31. The van der Waals surface area contributed by atoms with Gasteiger partial charge in [0.05, 0.1) is 13.2 Å². The van der Waals surface area contributed by atoms with Crippen molar-refractivity contribution >= 4 is 5.97 Å². The number of hydrogen-bond acceptors (Lipinski definition) is 5. The van der Waals surface area contributed by atoms with Gasteiger partial charge in [-0.25, -0.2) is 0 Å². The van der Waals surface area contributed by atoms with Crippen LogP contribution in [0.3, 0.4) is 0 Å². The largest absolute Gasteiger partial charge is 0.480 e. The van der Waals surface area contributed by atoms with E-state index in [0.29, 0.717) is 19.6 Å². The maximum absolute atomic E-state index is 11.5. The second kappa shape index (κ2) is 11.0. The van der Waals surface area contributed by atoms with Gasteiger partial charge in [0.25, 0.3) is 0 Å².